The van der Waals surface area contributed by atoms with Crippen molar-refractivity contribution in [3.05, 3.63) is 39.9 Å². The molecular formula is C19H30N4O3. The number of rotatable bonds is 8. The SMILES string of the molecule is CC(NC(=O)NCCCCN1CCCCC1C)c1cccc([N+](=O)[O-])c1. The van der Waals surface area contributed by atoms with Crippen molar-refractivity contribution >= 4 is 11.7 Å². The molecule has 1 heterocycles. The molecule has 26 heavy (non-hydrogen) atoms. The molecule has 7 heteroatoms. The van der Waals surface area contributed by atoms with Crippen molar-refractivity contribution in [2.75, 3.05) is 19.6 Å². The molecule has 2 amide bonds. The molecule has 0 saturated carbocycles. The molecule has 144 valence electrons. The molecule has 0 aliphatic carbocycles. The Kier molecular flexibility index (Phi) is 7.84. The van der Waals surface area contributed by atoms with Gasteiger partial charge in [0.25, 0.3) is 5.69 Å². The van der Waals surface area contributed by atoms with Crippen LogP contribution in [0.2, 0.25) is 0 Å². The highest BCUT2D eigenvalue weighted by atomic mass is 16.6. The highest BCUT2D eigenvalue weighted by molar-refractivity contribution is 5.74. The van der Waals surface area contributed by atoms with Gasteiger partial charge in [-0.2, -0.15) is 0 Å². The molecule has 2 N–H and O–H groups in total. The fraction of sp³-hybridized carbons (Fsp3) is 0.632. The number of hydrogen-bond acceptors (Lipinski definition) is 4. The molecule has 1 aromatic rings. The van der Waals surface area contributed by atoms with E-state index in [9.17, 15) is 14.9 Å². The van der Waals surface area contributed by atoms with Crippen molar-refractivity contribution < 1.29 is 9.72 Å². The number of benzene rings is 1. The summed E-state index contributed by atoms with van der Waals surface area (Å²) in [6.45, 7) is 7.02. The van der Waals surface area contributed by atoms with Crippen LogP contribution < -0.4 is 10.6 Å². The monoisotopic (exact) mass is 362 g/mol. The minimum Gasteiger partial charge on any atom is -0.338 e. The van der Waals surface area contributed by atoms with E-state index < -0.39 is 4.92 Å². The molecule has 1 aliphatic heterocycles. The van der Waals surface area contributed by atoms with E-state index in [1.165, 1.54) is 37.9 Å². The lowest BCUT2D eigenvalue weighted by atomic mass is 10.0. The van der Waals surface area contributed by atoms with Crippen LogP contribution in [0.25, 0.3) is 0 Å². The average Bonchev–Trinajstić information content (AvgIpc) is 2.63. The van der Waals surface area contributed by atoms with E-state index in [0.717, 1.165) is 19.4 Å². The Morgan fingerprint density at radius 3 is 2.92 bits per heavy atom. The van der Waals surface area contributed by atoms with E-state index in [-0.39, 0.29) is 17.8 Å². The van der Waals surface area contributed by atoms with E-state index in [1.807, 2.05) is 6.92 Å². The zero-order valence-corrected chi connectivity index (χ0v) is 15.7. The number of nitro benzene ring substituents is 1. The maximum Gasteiger partial charge on any atom is 0.315 e. The number of nitrogens with zero attached hydrogens (tertiary/aromatic N) is 2. The first kappa shape index (κ1) is 20.2. The quantitative estimate of drug-likeness (QED) is 0.420. The Labute approximate surface area is 155 Å². The van der Waals surface area contributed by atoms with Crippen molar-refractivity contribution in [2.24, 2.45) is 0 Å². The van der Waals surface area contributed by atoms with Gasteiger partial charge in [-0.05, 0) is 58.2 Å². The molecule has 0 radical (unpaired) electrons. The number of nitro groups is 1. The second kappa shape index (κ2) is 10.1. The van der Waals surface area contributed by atoms with Crippen LogP contribution in [0.4, 0.5) is 10.5 Å². The van der Waals surface area contributed by atoms with Gasteiger partial charge in [-0.15, -0.1) is 0 Å². The first-order valence-corrected chi connectivity index (χ1v) is 9.50. The van der Waals surface area contributed by atoms with Gasteiger partial charge in [-0.3, -0.25) is 10.1 Å². The summed E-state index contributed by atoms with van der Waals surface area (Å²) in [6.07, 6.45) is 5.94. The van der Waals surface area contributed by atoms with Crippen LogP contribution in [0.5, 0.6) is 0 Å². The number of likely N-dealkylation sites (tertiary alicyclic amines) is 1. The zero-order chi connectivity index (χ0) is 18.9. The number of amides is 2. The third-order valence-electron chi connectivity index (χ3n) is 5.03. The lowest BCUT2D eigenvalue weighted by Crippen LogP contribution is -2.39. The molecule has 1 fully saturated rings. The first-order valence-electron chi connectivity index (χ1n) is 9.50. The molecule has 2 atom stereocenters. The molecule has 7 nitrogen and oxygen atoms in total. The summed E-state index contributed by atoms with van der Waals surface area (Å²) < 4.78 is 0. The fourth-order valence-electron chi connectivity index (χ4n) is 3.37. The van der Waals surface area contributed by atoms with Crippen molar-refractivity contribution in [2.45, 2.75) is 58.0 Å². The van der Waals surface area contributed by atoms with Gasteiger partial charge in [-0.1, -0.05) is 18.6 Å². The maximum absolute atomic E-state index is 12.0. The lowest BCUT2D eigenvalue weighted by Gasteiger charge is -2.33. The van der Waals surface area contributed by atoms with E-state index in [2.05, 4.69) is 22.5 Å². The lowest BCUT2D eigenvalue weighted by molar-refractivity contribution is -0.384. The van der Waals surface area contributed by atoms with Crippen LogP contribution in [0.3, 0.4) is 0 Å². The molecule has 0 spiro atoms. The van der Waals surface area contributed by atoms with Crippen molar-refractivity contribution in [3.63, 3.8) is 0 Å². The number of piperidine rings is 1. The predicted molar refractivity (Wildman–Crippen MR) is 102 cm³/mol. The summed E-state index contributed by atoms with van der Waals surface area (Å²) in [4.78, 5) is 24.9. The predicted octanol–water partition coefficient (Wildman–Crippen LogP) is 3.61. The summed E-state index contributed by atoms with van der Waals surface area (Å²) >= 11 is 0. The van der Waals surface area contributed by atoms with Gasteiger partial charge in [0.2, 0.25) is 0 Å². The van der Waals surface area contributed by atoms with Gasteiger partial charge < -0.3 is 15.5 Å². The third-order valence-corrected chi connectivity index (χ3v) is 5.03. The molecule has 0 bridgehead atoms. The van der Waals surface area contributed by atoms with E-state index >= 15 is 0 Å². The Bertz CT molecular complexity index is 608. The van der Waals surface area contributed by atoms with Gasteiger partial charge in [0.15, 0.2) is 0 Å². The van der Waals surface area contributed by atoms with Crippen molar-refractivity contribution in [3.8, 4) is 0 Å². The zero-order valence-electron chi connectivity index (χ0n) is 15.7. The van der Waals surface area contributed by atoms with Crippen LogP contribution in [-0.4, -0.2) is 41.5 Å². The summed E-state index contributed by atoms with van der Waals surface area (Å²) in [6, 6.07) is 6.49. The number of unbranched alkanes of at least 4 members (excludes halogenated alkanes) is 1. The van der Waals surface area contributed by atoms with E-state index in [1.54, 1.807) is 12.1 Å². The Hall–Kier alpha value is -2.15. The number of hydrogen-bond donors (Lipinski definition) is 2. The van der Waals surface area contributed by atoms with Crippen LogP contribution in [0, 0.1) is 10.1 Å². The molecule has 0 aromatic heterocycles. The minimum absolute atomic E-state index is 0.0310. The summed E-state index contributed by atoms with van der Waals surface area (Å²) in [5.74, 6) is 0. The molecule has 1 saturated heterocycles. The highest BCUT2D eigenvalue weighted by Crippen LogP contribution is 2.19. The largest absolute Gasteiger partial charge is 0.338 e. The summed E-state index contributed by atoms with van der Waals surface area (Å²) in [5, 5.41) is 16.5. The molecule has 2 unspecified atom stereocenters. The third kappa shape index (κ3) is 6.29. The summed E-state index contributed by atoms with van der Waals surface area (Å²) in [7, 11) is 0. The number of carbonyl (C=O) groups is 1. The maximum atomic E-state index is 12.0. The number of carbonyl (C=O) groups excluding carboxylic acids is 1. The second-order valence-electron chi connectivity index (χ2n) is 7.06. The van der Waals surface area contributed by atoms with Crippen LogP contribution in [0.15, 0.2) is 24.3 Å². The minimum atomic E-state index is -0.431. The van der Waals surface area contributed by atoms with E-state index in [0.29, 0.717) is 18.2 Å². The van der Waals surface area contributed by atoms with Crippen LogP contribution in [-0.2, 0) is 0 Å². The Balaban J connectivity index is 1.65. The van der Waals surface area contributed by atoms with Crippen LogP contribution >= 0.6 is 0 Å². The topological polar surface area (TPSA) is 87.5 Å². The van der Waals surface area contributed by atoms with Gasteiger partial charge in [0, 0.05) is 24.7 Å². The summed E-state index contributed by atoms with van der Waals surface area (Å²) in [5.41, 5.74) is 0.747. The smallest absolute Gasteiger partial charge is 0.315 e. The van der Waals surface area contributed by atoms with Crippen molar-refractivity contribution in [1.82, 2.24) is 15.5 Å². The fourth-order valence-corrected chi connectivity index (χ4v) is 3.37. The van der Waals surface area contributed by atoms with E-state index in [4.69, 9.17) is 0 Å². The van der Waals surface area contributed by atoms with Gasteiger partial charge in [0.05, 0.1) is 11.0 Å². The van der Waals surface area contributed by atoms with Crippen molar-refractivity contribution in [1.29, 1.82) is 0 Å². The first-order chi connectivity index (χ1) is 12.5. The number of urea groups is 1. The number of nitrogens with one attached hydrogen (secondary N) is 2. The van der Waals surface area contributed by atoms with Crippen LogP contribution in [0.1, 0.15) is 57.6 Å². The highest BCUT2D eigenvalue weighted by Gasteiger charge is 2.17. The second-order valence-corrected chi connectivity index (χ2v) is 7.06. The van der Waals surface area contributed by atoms with Gasteiger partial charge >= 0.3 is 6.03 Å². The molecule has 1 aliphatic rings. The molecular weight excluding hydrogens is 332 g/mol. The Morgan fingerprint density at radius 1 is 1.38 bits per heavy atom. The molecule has 1 aromatic carbocycles. The molecule has 2 rings (SSSR count). The normalized spacial score (nSPS) is 18.9. The van der Waals surface area contributed by atoms with Gasteiger partial charge in [-0.25, -0.2) is 4.79 Å². The van der Waals surface area contributed by atoms with Gasteiger partial charge in [0.1, 0.15) is 0 Å². The standard InChI is InChI=1S/C19H30N4O3/c1-15-8-3-5-12-22(15)13-6-4-11-20-19(24)21-16(2)17-9-7-10-18(14-17)23(25)26/h7,9-10,14-16H,3-6,8,11-13H2,1-2H3,(H2,20,21,24). The number of non-ortho nitro benzene ring substituents is 1. The average molecular weight is 362 g/mol. The Morgan fingerprint density at radius 2 is 2.19 bits per heavy atom.